The first-order valence-corrected chi connectivity index (χ1v) is 7.49. The molecule has 0 radical (unpaired) electrons. The van der Waals surface area contributed by atoms with Gasteiger partial charge in [0, 0.05) is 13.1 Å². The lowest BCUT2D eigenvalue weighted by Gasteiger charge is -2.29. The first-order valence-electron chi connectivity index (χ1n) is 7.49. The van der Waals surface area contributed by atoms with Crippen molar-refractivity contribution < 1.29 is 13.6 Å². The van der Waals surface area contributed by atoms with Gasteiger partial charge in [-0.2, -0.15) is 0 Å². The number of carbonyl (C=O) groups excluding carboxylic acids is 1. The predicted molar refractivity (Wildman–Crippen MR) is 78.3 cm³/mol. The van der Waals surface area contributed by atoms with Crippen molar-refractivity contribution in [1.82, 2.24) is 10.2 Å². The Morgan fingerprint density at radius 2 is 2.19 bits per heavy atom. The summed E-state index contributed by atoms with van der Waals surface area (Å²) in [4.78, 5) is 14.0. The molecule has 0 aliphatic carbocycles. The summed E-state index contributed by atoms with van der Waals surface area (Å²) < 4.78 is 27.9. The van der Waals surface area contributed by atoms with Gasteiger partial charge in [0.15, 0.2) is 0 Å². The Labute approximate surface area is 124 Å². The van der Waals surface area contributed by atoms with Gasteiger partial charge < -0.3 is 10.2 Å². The van der Waals surface area contributed by atoms with Crippen LogP contribution in [0, 0.1) is 24.5 Å². The van der Waals surface area contributed by atoms with Gasteiger partial charge in [-0.05, 0) is 57.3 Å². The van der Waals surface area contributed by atoms with E-state index in [0.717, 1.165) is 32.0 Å². The summed E-state index contributed by atoms with van der Waals surface area (Å²) in [7, 11) is 0. The van der Waals surface area contributed by atoms with Crippen LogP contribution in [0.4, 0.5) is 8.78 Å². The minimum atomic E-state index is -0.789. The molecule has 1 N–H and O–H groups in total. The average molecular weight is 296 g/mol. The van der Waals surface area contributed by atoms with Crippen LogP contribution in [0.2, 0.25) is 0 Å². The summed E-state index contributed by atoms with van der Waals surface area (Å²) in [6.07, 6.45) is 2.11. The Balaban J connectivity index is 2.18. The largest absolute Gasteiger partial charge is 0.338 e. The van der Waals surface area contributed by atoms with Gasteiger partial charge in [-0.3, -0.25) is 4.79 Å². The van der Waals surface area contributed by atoms with E-state index < -0.39 is 23.1 Å². The Morgan fingerprint density at radius 1 is 1.43 bits per heavy atom. The number of nitrogens with one attached hydrogen (secondary N) is 1. The molecule has 1 atom stereocenters. The number of aryl methyl sites for hydroxylation is 1. The van der Waals surface area contributed by atoms with Crippen molar-refractivity contribution in [3.8, 4) is 0 Å². The average Bonchev–Trinajstić information content (AvgIpc) is 2.50. The van der Waals surface area contributed by atoms with Crippen molar-refractivity contribution in [3.05, 3.63) is 34.9 Å². The van der Waals surface area contributed by atoms with Gasteiger partial charge in [0.25, 0.3) is 5.91 Å². The number of hydrogen-bond donors (Lipinski definition) is 1. The van der Waals surface area contributed by atoms with Crippen molar-refractivity contribution in [2.45, 2.75) is 26.7 Å². The number of benzene rings is 1. The Bertz CT molecular complexity index is 513. The van der Waals surface area contributed by atoms with Crippen LogP contribution in [0.15, 0.2) is 12.1 Å². The minimum Gasteiger partial charge on any atom is -0.338 e. The van der Waals surface area contributed by atoms with E-state index >= 15 is 0 Å². The molecule has 1 amide bonds. The molecule has 1 saturated heterocycles. The monoisotopic (exact) mass is 296 g/mol. The fourth-order valence-electron chi connectivity index (χ4n) is 2.76. The van der Waals surface area contributed by atoms with Crippen molar-refractivity contribution in [2.24, 2.45) is 5.92 Å². The Hall–Kier alpha value is -1.49. The zero-order valence-corrected chi connectivity index (χ0v) is 12.6. The summed E-state index contributed by atoms with van der Waals surface area (Å²) in [5, 5.41) is 3.29. The highest BCUT2D eigenvalue weighted by Gasteiger charge is 2.26. The molecule has 2 rings (SSSR count). The molecular weight excluding hydrogens is 274 g/mol. The van der Waals surface area contributed by atoms with Gasteiger partial charge in [-0.1, -0.05) is 6.07 Å². The fraction of sp³-hybridized carbons (Fsp3) is 0.562. The smallest absolute Gasteiger partial charge is 0.259 e. The third-order valence-corrected chi connectivity index (χ3v) is 4.04. The van der Waals surface area contributed by atoms with Gasteiger partial charge in [-0.25, -0.2) is 8.78 Å². The molecule has 1 fully saturated rings. The van der Waals surface area contributed by atoms with E-state index in [-0.39, 0.29) is 5.56 Å². The lowest BCUT2D eigenvalue weighted by Crippen LogP contribution is -2.41. The Kier molecular flexibility index (Phi) is 5.28. The molecule has 0 saturated carbocycles. The summed E-state index contributed by atoms with van der Waals surface area (Å²) >= 11 is 0. The van der Waals surface area contributed by atoms with Gasteiger partial charge >= 0.3 is 0 Å². The van der Waals surface area contributed by atoms with Crippen LogP contribution in [0.3, 0.4) is 0 Å². The molecular formula is C16H22F2N2O. The maximum atomic E-state index is 14.1. The predicted octanol–water partition coefficient (Wildman–Crippen LogP) is 2.73. The second-order valence-electron chi connectivity index (χ2n) is 5.61. The van der Waals surface area contributed by atoms with Crippen molar-refractivity contribution >= 4 is 5.91 Å². The number of hydrogen-bond acceptors (Lipinski definition) is 2. The van der Waals surface area contributed by atoms with Crippen LogP contribution in [-0.4, -0.2) is 37.0 Å². The molecule has 1 heterocycles. The van der Waals surface area contributed by atoms with Crippen molar-refractivity contribution in [3.63, 3.8) is 0 Å². The van der Waals surface area contributed by atoms with Gasteiger partial charge in [0.1, 0.15) is 17.2 Å². The summed E-state index contributed by atoms with van der Waals surface area (Å²) in [5.74, 6) is -1.75. The topological polar surface area (TPSA) is 32.3 Å². The Morgan fingerprint density at radius 3 is 2.81 bits per heavy atom. The molecule has 0 bridgehead atoms. The SMILES string of the molecule is CCN(CC1CCCNC1)C(=O)c1c(F)ccc(C)c1F. The number of piperidine rings is 1. The van der Waals surface area contributed by atoms with Crippen molar-refractivity contribution in [1.29, 1.82) is 0 Å². The maximum absolute atomic E-state index is 14.1. The standard InChI is InChI=1S/C16H22F2N2O/c1-3-20(10-12-5-4-8-19-9-12)16(21)14-13(17)7-6-11(2)15(14)18/h6-7,12,19H,3-5,8-10H2,1-2H3. The zero-order valence-electron chi connectivity index (χ0n) is 12.6. The van der Waals surface area contributed by atoms with Crippen LogP contribution in [-0.2, 0) is 0 Å². The molecule has 116 valence electrons. The van der Waals surface area contributed by atoms with Crippen LogP contribution in [0.1, 0.15) is 35.7 Å². The number of carbonyl (C=O) groups is 1. The number of nitrogens with zero attached hydrogens (tertiary/aromatic N) is 1. The summed E-state index contributed by atoms with van der Waals surface area (Å²) in [6.45, 7) is 6.20. The highest BCUT2D eigenvalue weighted by atomic mass is 19.1. The van der Waals surface area contributed by atoms with E-state index in [1.54, 1.807) is 4.90 Å². The van der Waals surface area contributed by atoms with Crippen LogP contribution in [0.25, 0.3) is 0 Å². The van der Waals surface area contributed by atoms with Crippen LogP contribution >= 0.6 is 0 Å². The first-order chi connectivity index (χ1) is 10.0. The zero-order chi connectivity index (χ0) is 15.4. The highest BCUT2D eigenvalue weighted by molar-refractivity contribution is 5.95. The van der Waals surface area contributed by atoms with E-state index in [4.69, 9.17) is 0 Å². The molecule has 1 aromatic rings. The highest BCUT2D eigenvalue weighted by Crippen LogP contribution is 2.20. The normalized spacial score (nSPS) is 18.6. The summed E-state index contributed by atoms with van der Waals surface area (Å²) in [5.41, 5.74) is -0.143. The molecule has 0 aromatic heterocycles. The third-order valence-electron chi connectivity index (χ3n) is 4.04. The number of amides is 1. The van der Waals surface area contributed by atoms with Crippen molar-refractivity contribution in [2.75, 3.05) is 26.2 Å². The molecule has 3 nitrogen and oxygen atoms in total. The van der Waals surface area contributed by atoms with E-state index in [1.807, 2.05) is 6.92 Å². The fourth-order valence-corrected chi connectivity index (χ4v) is 2.76. The molecule has 1 aliphatic heterocycles. The third kappa shape index (κ3) is 3.59. The number of rotatable bonds is 4. The van der Waals surface area contributed by atoms with Crippen LogP contribution in [0.5, 0.6) is 0 Å². The lowest BCUT2D eigenvalue weighted by molar-refractivity contribution is 0.0719. The lowest BCUT2D eigenvalue weighted by atomic mass is 9.98. The van der Waals surface area contributed by atoms with E-state index in [9.17, 15) is 13.6 Å². The first kappa shape index (κ1) is 15.9. The van der Waals surface area contributed by atoms with Gasteiger partial charge in [-0.15, -0.1) is 0 Å². The molecule has 21 heavy (non-hydrogen) atoms. The number of halogens is 2. The molecule has 0 spiro atoms. The van der Waals surface area contributed by atoms with Gasteiger partial charge in [0.05, 0.1) is 0 Å². The van der Waals surface area contributed by atoms with E-state index in [0.29, 0.717) is 19.0 Å². The van der Waals surface area contributed by atoms with Gasteiger partial charge in [0.2, 0.25) is 0 Å². The minimum absolute atomic E-state index is 0.287. The molecule has 5 heteroatoms. The second kappa shape index (κ2) is 6.98. The van der Waals surface area contributed by atoms with E-state index in [2.05, 4.69) is 5.32 Å². The van der Waals surface area contributed by atoms with Crippen LogP contribution < -0.4 is 5.32 Å². The molecule has 1 aromatic carbocycles. The van der Waals surface area contributed by atoms with E-state index in [1.165, 1.54) is 13.0 Å². The second-order valence-corrected chi connectivity index (χ2v) is 5.61. The quantitative estimate of drug-likeness (QED) is 0.926. The molecule has 1 unspecified atom stereocenters. The maximum Gasteiger partial charge on any atom is 0.259 e. The summed E-state index contributed by atoms with van der Waals surface area (Å²) in [6, 6.07) is 2.50. The molecule has 1 aliphatic rings.